The summed E-state index contributed by atoms with van der Waals surface area (Å²) < 4.78 is 0. The van der Waals surface area contributed by atoms with Crippen LogP contribution in [0, 0.1) is 6.92 Å². The summed E-state index contributed by atoms with van der Waals surface area (Å²) in [6.07, 6.45) is 1.39. The van der Waals surface area contributed by atoms with Crippen molar-refractivity contribution in [3.63, 3.8) is 0 Å². The quantitative estimate of drug-likeness (QED) is 0.814. The van der Waals surface area contributed by atoms with E-state index in [4.69, 9.17) is 11.6 Å². The average Bonchev–Trinajstić information content (AvgIpc) is 2.50. The maximum atomic E-state index is 12.0. The Kier molecular flexibility index (Phi) is 5.84. The van der Waals surface area contributed by atoms with Gasteiger partial charge in [-0.1, -0.05) is 36.7 Å². The molecule has 2 aromatic carbocycles. The molecule has 116 valence electrons. The van der Waals surface area contributed by atoms with Gasteiger partial charge in [0.15, 0.2) is 0 Å². The summed E-state index contributed by atoms with van der Waals surface area (Å²) in [5.74, 6) is -0.00750. The van der Waals surface area contributed by atoms with E-state index in [1.807, 2.05) is 37.3 Å². The molecule has 0 aliphatic rings. The van der Waals surface area contributed by atoms with Gasteiger partial charge in [-0.15, -0.1) is 0 Å². The lowest BCUT2D eigenvalue weighted by molar-refractivity contribution is -0.115. The minimum Gasteiger partial charge on any atom is -0.384 e. The van der Waals surface area contributed by atoms with Crippen LogP contribution in [0.3, 0.4) is 0 Å². The number of rotatable bonds is 6. The van der Waals surface area contributed by atoms with E-state index in [-0.39, 0.29) is 5.91 Å². The Morgan fingerprint density at radius 3 is 2.64 bits per heavy atom. The molecule has 0 atom stereocenters. The second-order valence-electron chi connectivity index (χ2n) is 5.19. The highest BCUT2D eigenvalue weighted by molar-refractivity contribution is 6.30. The number of carbonyl (C=O) groups excluding carboxylic acids is 1. The number of hydrogen-bond acceptors (Lipinski definition) is 2. The third kappa shape index (κ3) is 4.50. The molecule has 0 spiro atoms. The number of halogens is 1. The smallest absolute Gasteiger partial charge is 0.226 e. The van der Waals surface area contributed by atoms with Crippen LogP contribution in [0.5, 0.6) is 0 Å². The van der Waals surface area contributed by atoms with Gasteiger partial charge in [-0.25, -0.2) is 0 Å². The molecule has 0 aliphatic heterocycles. The predicted molar refractivity (Wildman–Crippen MR) is 93.7 cm³/mol. The van der Waals surface area contributed by atoms with Crippen molar-refractivity contribution in [2.45, 2.75) is 26.7 Å². The van der Waals surface area contributed by atoms with E-state index < -0.39 is 0 Å². The Morgan fingerprint density at radius 1 is 1.14 bits per heavy atom. The van der Waals surface area contributed by atoms with Gasteiger partial charge in [0, 0.05) is 29.4 Å². The molecule has 0 saturated heterocycles. The molecule has 2 rings (SSSR count). The molecule has 0 aromatic heterocycles. The van der Waals surface area contributed by atoms with Crippen molar-refractivity contribution in [3.8, 4) is 0 Å². The molecule has 0 bridgehead atoms. The lowest BCUT2D eigenvalue weighted by Crippen LogP contribution is -2.17. The molecule has 0 aliphatic carbocycles. The van der Waals surface area contributed by atoms with E-state index in [1.54, 1.807) is 6.07 Å². The normalized spacial score (nSPS) is 10.3. The zero-order valence-electron chi connectivity index (χ0n) is 12.9. The number of hydrogen-bond donors (Lipinski definition) is 2. The Balaban J connectivity index is 1.85. The van der Waals surface area contributed by atoms with Crippen molar-refractivity contribution in [3.05, 3.63) is 58.6 Å². The summed E-state index contributed by atoms with van der Waals surface area (Å²) >= 11 is 5.91. The van der Waals surface area contributed by atoms with Gasteiger partial charge in [-0.05, 0) is 48.7 Å². The van der Waals surface area contributed by atoms with Gasteiger partial charge in [-0.3, -0.25) is 4.79 Å². The third-order valence-electron chi connectivity index (χ3n) is 3.53. The number of amides is 1. The van der Waals surface area contributed by atoms with E-state index in [9.17, 15) is 4.79 Å². The Morgan fingerprint density at radius 2 is 1.91 bits per heavy atom. The van der Waals surface area contributed by atoms with Crippen LogP contribution in [0.25, 0.3) is 0 Å². The van der Waals surface area contributed by atoms with Gasteiger partial charge in [0.2, 0.25) is 5.91 Å². The van der Waals surface area contributed by atoms with Crippen molar-refractivity contribution in [2.24, 2.45) is 0 Å². The van der Waals surface area contributed by atoms with Crippen molar-refractivity contribution >= 4 is 28.9 Å². The Hall–Kier alpha value is -2.00. The molecule has 0 fully saturated rings. The molecule has 1 amide bonds. The first-order chi connectivity index (χ1) is 10.6. The maximum absolute atomic E-state index is 12.0. The number of nitrogens with one attached hydrogen (secondary N) is 2. The Labute approximate surface area is 136 Å². The van der Waals surface area contributed by atoms with Crippen molar-refractivity contribution in [1.29, 1.82) is 0 Å². The molecule has 0 radical (unpaired) electrons. The monoisotopic (exact) mass is 316 g/mol. The minimum absolute atomic E-state index is 0.00750. The number of aryl methyl sites for hydroxylation is 2. The summed E-state index contributed by atoms with van der Waals surface area (Å²) in [7, 11) is 0. The number of para-hydroxylation sites is 1. The van der Waals surface area contributed by atoms with Crippen LogP contribution in [0.2, 0.25) is 5.02 Å². The van der Waals surface area contributed by atoms with Crippen LogP contribution in [-0.2, 0) is 11.2 Å². The largest absolute Gasteiger partial charge is 0.384 e. The van der Waals surface area contributed by atoms with Crippen molar-refractivity contribution in [2.75, 3.05) is 17.2 Å². The fourth-order valence-electron chi connectivity index (χ4n) is 2.29. The highest BCUT2D eigenvalue weighted by atomic mass is 35.5. The topological polar surface area (TPSA) is 41.1 Å². The van der Waals surface area contributed by atoms with E-state index in [2.05, 4.69) is 23.6 Å². The van der Waals surface area contributed by atoms with Gasteiger partial charge in [0.1, 0.15) is 0 Å². The average molecular weight is 317 g/mol. The standard InChI is InChI=1S/C18H21ClN2O/c1-3-14-6-4-5-7-17(14)20-11-10-18(22)21-16-9-8-15(19)12-13(16)2/h4-9,12,20H,3,10-11H2,1-2H3,(H,21,22). The van der Waals surface area contributed by atoms with Gasteiger partial charge >= 0.3 is 0 Å². The van der Waals surface area contributed by atoms with Crippen LogP contribution in [-0.4, -0.2) is 12.5 Å². The van der Waals surface area contributed by atoms with Crippen LogP contribution >= 0.6 is 11.6 Å². The minimum atomic E-state index is -0.00750. The van der Waals surface area contributed by atoms with Gasteiger partial charge in [0.05, 0.1) is 0 Å². The van der Waals surface area contributed by atoms with E-state index in [1.165, 1.54) is 5.56 Å². The maximum Gasteiger partial charge on any atom is 0.226 e. The lowest BCUT2D eigenvalue weighted by atomic mass is 10.1. The summed E-state index contributed by atoms with van der Waals surface area (Å²) in [4.78, 5) is 12.0. The van der Waals surface area contributed by atoms with Crippen molar-refractivity contribution in [1.82, 2.24) is 0 Å². The lowest BCUT2D eigenvalue weighted by Gasteiger charge is -2.12. The molecule has 2 aromatic rings. The fraction of sp³-hybridized carbons (Fsp3) is 0.278. The summed E-state index contributed by atoms with van der Waals surface area (Å²) in [6.45, 7) is 4.66. The second kappa shape index (κ2) is 7.85. The highest BCUT2D eigenvalue weighted by Crippen LogP contribution is 2.20. The second-order valence-corrected chi connectivity index (χ2v) is 5.63. The molecule has 22 heavy (non-hydrogen) atoms. The van der Waals surface area contributed by atoms with Gasteiger partial charge in [0.25, 0.3) is 0 Å². The van der Waals surface area contributed by atoms with Crippen LogP contribution in [0.15, 0.2) is 42.5 Å². The predicted octanol–water partition coefficient (Wildman–Crippen LogP) is 4.65. The molecule has 4 heteroatoms. The van der Waals surface area contributed by atoms with Crippen LogP contribution < -0.4 is 10.6 Å². The highest BCUT2D eigenvalue weighted by Gasteiger charge is 2.06. The first-order valence-corrected chi connectivity index (χ1v) is 7.85. The SMILES string of the molecule is CCc1ccccc1NCCC(=O)Nc1ccc(Cl)cc1C. The fourth-order valence-corrected chi connectivity index (χ4v) is 2.52. The summed E-state index contributed by atoms with van der Waals surface area (Å²) in [6, 6.07) is 13.6. The van der Waals surface area contributed by atoms with E-state index in [0.717, 1.165) is 23.4 Å². The van der Waals surface area contributed by atoms with E-state index in [0.29, 0.717) is 18.0 Å². The third-order valence-corrected chi connectivity index (χ3v) is 3.76. The molecule has 2 N–H and O–H groups in total. The molecular formula is C18H21ClN2O. The molecule has 0 unspecified atom stereocenters. The van der Waals surface area contributed by atoms with Gasteiger partial charge in [-0.2, -0.15) is 0 Å². The first kappa shape index (κ1) is 16.4. The zero-order valence-corrected chi connectivity index (χ0v) is 13.7. The number of anilines is 2. The van der Waals surface area contributed by atoms with Crippen molar-refractivity contribution < 1.29 is 4.79 Å². The number of carbonyl (C=O) groups is 1. The molecular weight excluding hydrogens is 296 g/mol. The summed E-state index contributed by atoms with van der Waals surface area (Å²) in [5, 5.41) is 6.91. The summed E-state index contributed by atoms with van der Waals surface area (Å²) in [5.41, 5.74) is 4.13. The molecule has 0 saturated carbocycles. The molecule has 3 nitrogen and oxygen atoms in total. The molecule has 0 heterocycles. The zero-order chi connectivity index (χ0) is 15.9. The van der Waals surface area contributed by atoms with Crippen LogP contribution in [0.1, 0.15) is 24.5 Å². The number of benzene rings is 2. The van der Waals surface area contributed by atoms with Crippen LogP contribution in [0.4, 0.5) is 11.4 Å². The van der Waals surface area contributed by atoms with Gasteiger partial charge < -0.3 is 10.6 Å². The Bertz CT molecular complexity index is 655. The first-order valence-electron chi connectivity index (χ1n) is 7.48. The van der Waals surface area contributed by atoms with E-state index >= 15 is 0 Å².